The molecule has 1 unspecified atom stereocenters. The predicted molar refractivity (Wildman–Crippen MR) is 84.1 cm³/mol. The molecule has 0 aromatic heterocycles. The number of hydrogen-bond donors (Lipinski definition) is 1. The van der Waals surface area contributed by atoms with E-state index >= 15 is 0 Å². The van der Waals surface area contributed by atoms with Crippen molar-refractivity contribution in [2.75, 3.05) is 34.0 Å². The Morgan fingerprint density at radius 2 is 1.76 bits per heavy atom. The van der Waals surface area contributed by atoms with E-state index in [4.69, 9.17) is 14.2 Å². The van der Waals surface area contributed by atoms with Crippen LogP contribution in [0.15, 0.2) is 18.2 Å². The first kappa shape index (κ1) is 16.1. The third-order valence-corrected chi connectivity index (χ3v) is 4.14. The summed E-state index contributed by atoms with van der Waals surface area (Å²) in [7, 11) is 3.39. The van der Waals surface area contributed by atoms with E-state index in [0.29, 0.717) is 6.04 Å². The second-order valence-corrected chi connectivity index (χ2v) is 5.55. The number of hydrogen-bond acceptors (Lipinski definition) is 4. The smallest absolute Gasteiger partial charge is 0.122 e. The van der Waals surface area contributed by atoms with Crippen LogP contribution in [0, 0.1) is 5.92 Å². The molecule has 0 saturated carbocycles. The lowest BCUT2D eigenvalue weighted by atomic mass is 9.89. The number of nitrogens with one attached hydrogen (secondary N) is 1. The van der Waals surface area contributed by atoms with Gasteiger partial charge < -0.3 is 19.5 Å². The fourth-order valence-electron chi connectivity index (χ4n) is 2.93. The summed E-state index contributed by atoms with van der Waals surface area (Å²) in [6, 6.07) is 6.47. The molecule has 1 aromatic carbocycles. The second kappa shape index (κ2) is 8.25. The second-order valence-electron chi connectivity index (χ2n) is 5.55. The monoisotopic (exact) mass is 293 g/mol. The van der Waals surface area contributed by atoms with Crippen molar-refractivity contribution in [1.29, 1.82) is 0 Å². The van der Waals surface area contributed by atoms with E-state index in [9.17, 15) is 0 Å². The van der Waals surface area contributed by atoms with Crippen LogP contribution >= 0.6 is 0 Å². The fourth-order valence-corrected chi connectivity index (χ4v) is 2.93. The standard InChI is InChI=1S/C17H27NO3/c1-4-18-17(9-13-5-7-21-8-6-13)14-10-15(19-2)12-16(11-14)20-3/h10-13,17-18H,4-9H2,1-3H3. The van der Waals surface area contributed by atoms with Crippen LogP contribution in [0.2, 0.25) is 0 Å². The molecule has 0 bridgehead atoms. The summed E-state index contributed by atoms with van der Waals surface area (Å²) in [6.07, 6.45) is 3.44. The fraction of sp³-hybridized carbons (Fsp3) is 0.647. The molecular formula is C17H27NO3. The summed E-state index contributed by atoms with van der Waals surface area (Å²) in [6.45, 7) is 4.89. The van der Waals surface area contributed by atoms with Gasteiger partial charge in [-0.1, -0.05) is 6.92 Å². The molecule has 0 radical (unpaired) electrons. The molecule has 1 aliphatic heterocycles. The molecule has 1 heterocycles. The zero-order valence-electron chi connectivity index (χ0n) is 13.4. The topological polar surface area (TPSA) is 39.7 Å². The highest BCUT2D eigenvalue weighted by atomic mass is 16.5. The van der Waals surface area contributed by atoms with E-state index in [1.165, 1.54) is 5.56 Å². The quantitative estimate of drug-likeness (QED) is 0.838. The zero-order chi connectivity index (χ0) is 15.1. The van der Waals surface area contributed by atoms with E-state index in [1.54, 1.807) is 14.2 Å². The van der Waals surface area contributed by atoms with Gasteiger partial charge in [0.05, 0.1) is 14.2 Å². The van der Waals surface area contributed by atoms with Crippen molar-refractivity contribution in [2.45, 2.75) is 32.2 Å². The largest absolute Gasteiger partial charge is 0.497 e. The lowest BCUT2D eigenvalue weighted by Crippen LogP contribution is -2.26. The van der Waals surface area contributed by atoms with Crippen molar-refractivity contribution in [3.05, 3.63) is 23.8 Å². The predicted octanol–water partition coefficient (Wildman–Crippen LogP) is 3.17. The van der Waals surface area contributed by atoms with E-state index in [-0.39, 0.29) is 0 Å². The van der Waals surface area contributed by atoms with Crippen molar-refractivity contribution in [1.82, 2.24) is 5.32 Å². The van der Waals surface area contributed by atoms with Gasteiger partial charge in [-0.25, -0.2) is 0 Å². The van der Waals surface area contributed by atoms with Crippen LogP contribution in [0.4, 0.5) is 0 Å². The van der Waals surface area contributed by atoms with Gasteiger partial charge >= 0.3 is 0 Å². The maximum Gasteiger partial charge on any atom is 0.122 e. The summed E-state index contributed by atoms with van der Waals surface area (Å²) in [5.41, 5.74) is 1.24. The van der Waals surface area contributed by atoms with Crippen molar-refractivity contribution in [3.8, 4) is 11.5 Å². The van der Waals surface area contributed by atoms with Crippen LogP contribution in [0.5, 0.6) is 11.5 Å². The molecule has 1 atom stereocenters. The van der Waals surface area contributed by atoms with Gasteiger partial charge in [0, 0.05) is 25.3 Å². The van der Waals surface area contributed by atoms with Crippen molar-refractivity contribution < 1.29 is 14.2 Å². The Kier molecular flexibility index (Phi) is 6.33. The van der Waals surface area contributed by atoms with Crippen LogP contribution < -0.4 is 14.8 Å². The number of ether oxygens (including phenoxy) is 3. The molecular weight excluding hydrogens is 266 g/mol. The highest BCUT2D eigenvalue weighted by molar-refractivity contribution is 5.39. The van der Waals surface area contributed by atoms with Gasteiger partial charge in [0.15, 0.2) is 0 Å². The molecule has 0 amide bonds. The van der Waals surface area contributed by atoms with Gasteiger partial charge in [-0.05, 0) is 49.4 Å². The first-order valence-corrected chi connectivity index (χ1v) is 7.81. The molecule has 21 heavy (non-hydrogen) atoms. The number of rotatable bonds is 7. The van der Waals surface area contributed by atoms with Gasteiger partial charge in [0.2, 0.25) is 0 Å². The molecule has 1 fully saturated rings. The Bertz CT molecular complexity index is 408. The Morgan fingerprint density at radius 1 is 1.14 bits per heavy atom. The summed E-state index contributed by atoms with van der Waals surface area (Å²) in [4.78, 5) is 0. The van der Waals surface area contributed by atoms with Crippen LogP contribution in [-0.4, -0.2) is 34.0 Å². The molecule has 4 nitrogen and oxygen atoms in total. The molecule has 1 N–H and O–H groups in total. The van der Waals surface area contributed by atoms with Gasteiger partial charge in [-0.2, -0.15) is 0 Å². The van der Waals surface area contributed by atoms with Crippen molar-refractivity contribution >= 4 is 0 Å². The summed E-state index contributed by atoms with van der Waals surface area (Å²) < 4.78 is 16.2. The normalized spacial score (nSPS) is 17.5. The number of benzene rings is 1. The van der Waals surface area contributed by atoms with Crippen LogP contribution in [0.25, 0.3) is 0 Å². The molecule has 1 aliphatic rings. The molecule has 2 rings (SSSR count). The molecule has 0 spiro atoms. The van der Waals surface area contributed by atoms with Gasteiger partial charge in [0.25, 0.3) is 0 Å². The summed E-state index contributed by atoms with van der Waals surface area (Å²) in [5.74, 6) is 2.42. The number of methoxy groups -OCH3 is 2. The maximum absolute atomic E-state index is 5.46. The molecule has 1 saturated heterocycles. The van der Waals surface area contributed by atoms with Gasteiger partial charge in [0.1, 0.15) is 11.5 Å². The minimum atomic E-state index is 0.335. The summed E-state index contributed by atoms with van der Waals surface area (Å²) in [5, 5.41) is 3.60. The molecule has 0 aliphatic carbocycles. The van der Waals surface area contributed by atoms with Crippen LogP contribution in [0.3, 0.4) is 0 Å². The van der Waals surface area contributed by atoms with Crippen LogP contribution in [-0.2, 0) is 4.74 Å². The highest BCUT2D eigenvalue weighted by Gasteiger charge is 2.21. The first-order chi connectivity index (χ1) is 10.3. The SMILES string of the molecule is CCNC(CC1CCOCC1)c1cc(OC)cc(OC)c1. The van der Waals surface area contributed by atoms with E-state index < -0.39 is 0 Å². The third-order valence-electron chi connectivity index (χ3n) is 4.14. The molecule has 4 heteroatoms. The van der Waals surface area contributed by atoms with Crippen molar-refractivity contribution in [2.24, 2.45) is 5.92 Å². The third kappa shape index (κ3) is 4.61. The minimum absolute atomic E-state index is 0.335. The summed E-state index contributed by atoms with van der Waals surface area (Å²) >= 11 is 0. The highest BCUT2D eigenvalue weighted by Crippen LogP contribution is 2.32. The maximum atomic E-state index is 5.46. The first-order valence-electron chi connectivity index (χ1n) is 7.81. The average Bonchev–Trinajstić information content (AvgIpc) is 2.55. The van der Waals surface area contributed by atoms with Crippen LogP contribution in [0.1, 0.15) is 37.8 Å². The van der Waals surface area contributed by atoms with E-state index in [1.807, 2.05) is 6.07 Å². The minimum Gasteiger partial charge on any atom is -0.497 e. The van der Waals surface area contributed by atoms with E-state index in [2.05, 4.69) is 24.4 Å². The Hall–Kier alpha value is -1.26. The molecule has 118 valence electrons. The van der Waals surface area contributed by atoms with Gasteiger partial charge in [-0.15, -0.1) is 0 Å². The zero-order valence-corrected chi connectivity index (χ0v) is 13.4. The Morgan fingerprint density at radius 3 is 2.29 bits per heavy atom. The average molecular weight is 293 g/mol. The van der Waals surface area contributed by atoms with E-state index in [0.717, 1.165) is 56.4 Å². The lowest BCUT2D eigenvalue weighted by Gasteiger charge is -2.28. The van der Waals surface area contributed by atoms with Crippen molar-refractivity contribution in [3.63, 3.8) is 0 Å². The van der Waals surface area contributed by atoms with Gasteiger partial charge in [-0.3, -0.25) is 0 Å². The molecule has 1 aromatic rings. The Labute approximate surface area is 127 Å². The lowest BCUT2D eigenvalue weighted by molar-refractivity contribution is 0.0605. The Balaban J connectivity index is 2.15.